The topological polar surface area (TPSA) is 49.3 Å². The Labute approximate surface area is 124 Å². The molecule has 0 saturated carbocycles. The van der Waals surface area contributed by atoms with Crippen LogP contribution in [0, 0.1) is 5.92 Å². The summed E-state index contributed by atoms with van der Waals surface area (Å²) in [6.45, 7) is 0.479. The fourth-order valence-corrected chi connectivity index (χ4v) is 2.59. The normalized spacial score (nSPS) is 19.6. The van der Waals surface area contributed by atoms with E-state index in [0.717, 1.165) is 24.8 Å². The van der Waals surface area contributed by atoms with Crippen LogP contribution in [-0.4, -0.2) is 17.6 Å². The van der Waals surface area contributed by atoms with Crippen LogP contribution in [-0.2, 0) is 4.79 Å². The zero-order valence-corrected chi connectivity index (χ0v) is 12.1. The average molecular weight is 294 g/mol. The number of allylic oxidation sites excluding steroid dienone is 2. The third-order valence-corrected chi connectivity index (χ3v) is 3.83. The Hall–Kier alpha value is -1.32. The van der Waals surface area contributed by atoms with E-state index in [0.29, 0.717) is 18.0 Å². The molecule has 2 unspecified atom stereocenters. The van der Waals surface area contributed by atoms with Crippen molar-refractivity contribution in [1.29, 1.82) is 0 Å². The quantitative estimate of drug-likeness (QED) is 0.819. The highest BCUT2D eigenvalue weighted by molar-refractivity contribution is 6.30. The second-order valence-electron chi connectivity index (χ2n) is 5.13. The van der Waals surface area contributed by atoms with Crippen LogP contribution in [0.5, 0.6) is 0 Å². The van der Waals surface area contributed by atoms with Crippen LogP contribution in [0.3, 0.4) is 0 Å². The third-order valence-electron chi connectivity index (χ3n) is 3.59. The van der Waals surface area contributed by atoms with Gasteiger partial charge >= 0.3 is 0 Å². The number of hydrogen-bond acceptors (Lipinski definition) is 2. The zero-order valence-electron chi connectivity index (χ0n) is 11.4. The molecule has 0 bridgehead atoms. The Kier molecular flexibility index (Phi) is 5.62. The molecule has 0 aliphatic heterocycles. The highest BCUT2D eigenvalue weighted by Crippen LogP contribution is 2.20. The Morgan fingerprint density at radius 1 is 1.45 bits per heavy atom. The average Bonchev–Trinajstić information content (AvgIpc) is 2.48. The first-order valence-electron chi connectivity index (χ1n) is 7.03. The molecule has 0 spiro atoms. The first-order chi connectivity index (χ1) is 9.66. The fraction of sp³-hybridized carbons (Fsp3) is 0.438. The van der Waals surface area contributed by atoms with Gasteiger partial charge in [-0.3, -0.25) is 4.79 Å². The van der Waals surface area contributed by atoms with Crippen LogP contribution >= 0.6 is 11.6 Å². The molecule has 1 aliphatic rings. The molecule has 4 heteroatoms. The lowest BCUT2D eigenvalue weighted by Gasteiger charge is -2.18. The van der Waals surface area contributed by atoms with Gasteiger partial charge in [0.25, 0.3) is 0 Å². The van der Waals surface area contributed by atoms with Gasteiger partial charge in [-0.25, -0.2) is 0 Å². The van der Waals surface area contributed by atoms with Gasteiger partial charge in [-0.1, -0.05) is 35.9 Å². The van der Waals surface area contributed by atoms with Crippen LogP contribution in [0.4, 0.5) is 0 Å². The van der Waals surface area contributed by atoms with E-state index < -0.39 is 6.10 Å². The maximum absolute atomic E-state index is 11.9. The maximum atomic E-state index is 11.9. The number of rotatable bonds is 5. The van der Waals surface area contributed by atoms with E-state index in [1.807, 2.05) is 12.1 Å². The standard InChI is InChI=1S/C16H20ClNO2/c17-14-8-4-7-13(11-14)15(19)9-10-18-16(20)12-5-2-1-3-6-12/h1-2,4,7-8,11-12,15,19H,3,5-6,9-10H2,(H,18,20). The second kappa shape index (κ2) is 7.46. The van der Waals surface area contributed by atoms with E-state index in [1.54, 1.807) is 12.1 Å². The summed E-state index contributed by atoms with van der Waals surface area (Å²) in [4.78, 5) is 11.9. The van der Waals surface area contributed by atoms with Gasteiger partial charge < -0.3 is 10.4 Å². The molecule has 0 aromatic heterocycles. The molecule has 0 heterocycles. The molecule has 1 amide bonds. The Morgan fingerprint density at radius 2 is 2.30 bits per heavy atom. The first kappa shape index (κ1) is 15.1. The number of hydrogen-bond donors (Lipinski definition) is 2. The minimum absolute atomic E-state index is 0.0864. The first-order valence-corrected chi connectivity index (χ1v) is 7.41. The summed E-state index contributed by atoms with van der Waals surface area (Å²) >= 11 is 5.89. The summed E-state index contributed by atoms with van der Waals surface area (Å²) in [5, 5.41) is 13.6. The van der Waals surface area contributed by atoms with E-state index in [4.69, 9.17) is 11.6 Å². The number of carbonyl (C=O) groups excluding carboxylic acids is 1. The van der Waals surface area contributed by atoms with Crippen molar-refractivity contribution in [2.45, 2.75) is 31.8 Å². The van der Waals surface area contributed by atoms with Crippen molar-refractivity contribution in [2.24, 2.45) is 5.92 Å². The summed E-state index contributed by atoms with van der Waals surface area (Å²) in [5.74, 6) is 0.177. The van der Waals surface area contributed by atoms with Crippen molar-refractivity contribution < 1.29 is 9.90 Å². The molecule has 2 N–H and O–H groups in total. The third kappa shape index (κ3) is 4.36. The zero-order chi connectivity index (χ0) is 14.4. The van der Waals surface area contributed by atoms with Crippen molar-refractivity contribution in [3.8, 4) is 0 Å². The van der Waals surface area contributed by atoms with E-state index >= 15 is 0 Å². The molecule has 0 radical (unpaired) electrons. The van der Waals surface area contributed by atoms with Crippen LogP contribution in [0.25, 0.3) is 0 Å². The number of nitrogens with one attached hydrogen (secondary N) is 1. The number of halogens is 1. The SMILES string of the molecule is O=C(NCCC(O)c1cccc(Cl)c1)C1CC=CCC1. The molecule has 1 aromatic rings. The maximum Gasteiger partial charge on any atom is 0.223 e. The van der Waals surface area contributed by atoms with Gasteiger partial charge in [0, 0.05) is 17.5 Å². The largest absolute Gasteiger partial charge is 0.388 e. The second-order valence-corrected chi connectivity index (χ2v) is 5.57. The van der Waals surface area contributed by atoms with Crippen molar-refractivity contribution in [3.63, 3.8) is 0 Å². The molecule has 2 rings (SSSR count). The van der Waals surface area contributed by atoms with Crippen LogP contribution in [0.2, 0.25) is 5.02 Å². The summed E-state index contributed by atoms with van der Waals surface area (Å²) < 4.78 is 0. The molecule has 1 aromatic carbocycles. The lowest BCUT2D eigenvalue weighted by molar-refractivity contribution is -0.125. The van der Waals surface area contributed by atoms with E-state index in [2.05, 4.69) is 17.5 Å². The Morgan fingerprint density at radius 3 is 3.00 bits per heavy atom. The van der Waals surface area contributed by atoms with E-state index in [9.17, 15) is 9.90 Å². The van der Waals surface area contributed by atoms with Gasteiger partial charge in [0.05, 0.1) is 6.10 Å². The van der Waals surface area contributed by atoms with E-state index in [1.165, 1.54) is 0 Å². The van der Waals surface area contributed by atoms with Crippen molar-refractivity contribution in [3.05, 3.63) is 47.0 Å². The molecular formula is C16H20ClNO2. The highest BCUT2D eigenvalue weighted by atomic mass is 35.5. The molecule has 0 saturated heterocycles. The number of benzene rings is 1. The predicted octanol–water partition coefficient (Wildman–Crippen LogP) is 3.24. The van der Waals surface area contributed by atoms with Crippen LogP contribution in [0.1, 0.15) is 37.4 Å². The lowest BCUT2D eigenvalue weighted by atomic mass is 9.93. The van der Waals surface area contributed by atoms with Gasteiger partial charge in [0.1, 0.15) is 0 Å². The number of carbonyl (C=O) groups is 1. The minimum Gasteiger partial charge on any atom is -0.388 e. The summed E-state index contributed by atoms with van der Waals surface area (Å²) in [7, 11) is 0. The van der Waals surface area contributed by atoms with Gasteiger partial charge in [0.2, 0.25) is 5.91 Å². The molecule has 108 valence electrons. The van der Waals surface area contributed by atoms with Gasteiger partial charge in [-0.2, -0.15) is 0 Å². The molecule has 3 nitrogen and oxygen atoms in total. The summed E-state index contributed by atoms with van der Waals surface area (Å²) in [6, 6.07) is 7.17. The number of aliphatic hydroxyl groups excluding tert-OH is 1. The van der Waals surface area contributed by atoms with E-state index in [-0.39, 0.29) is 11.8 Å². The van der Waals surface area contributed by atoms with Crippen LogP contribution in [0.15, 0.2) is 36.4 Å². The number of aliphatic hydroxyl groups is 1. The number of amides is 1. The monoisotopic (exact) mass is 293 g/mol. The van der Waals surface area contributed by atoms with Gasteiger partial charge in [-0.15, -0.1) is 0 Å². The van der Waals surface area contributed by atoms with Crippen molar-refractivity contribution >= 4 is 17.5 Å². The predicted molar refractivity (Wildman–Crippen MR) is 80.5 cm³/mol. The summed E-state index contributed by atoms with van der Waals surface area (Å²) in [6.07, 6.45) is 6.79. The van der Waals surface area contributed by atoms with Crippen molar-refractivity contribution in [2.75, 3.05) is 6.54 Å². The van der Waals surface area contributed by atoms with Crippen molar-refractivity contribution in [1.82, 2.24) is 5.32 Å². The molecule has 20 heavy (non-hydrogen) atoms. The fourth-order valence-electron chi connectivity index (χ4n) is 2.39. The van der Waals surface area contributed by atoms with Crippen LogP contribution < -0.4 is 5.32 Å². The van der Waals surface area contributed by atoms with Gasteiger partial charge in [-0.05, 0) is 43.4 Å². The summed E-state index contributed by atoms with van der Waals surface area (Å²) in [5.41, 5.74) is 0.785. The molecule has 1 aliphatic carbocycles. The highest BCUT2D eigenvalue weighted by Gasteiger charge is 2.18. The minimum atomic E-state index is -0.597. The molecular weight excluding hydrogens is 274 g/mol. The molecule has 0 fully saturated rings. The lowest BCUT2D eigenvalue weighted by Crippen LogP contribution is -2.32. The van der Waals surface area contributed by atoms with Gasteiger partial charge in [0.15, 0.2) is 0 Å². The Bertz CT molecular complexity index is 487. The Balaban J connectivity index is 1.75. The smallest absolute Gasteiger partial charge is 0.223 e. The molecule has 2 atom stereocenters.